The molecule has 2 aromatic heterocycles. The molecule has 36 heavy (non-hydrogen) atoms. The van der Waals surface area contributed by atoms with Crippen molar-refractivity contribution in [3.05, 3.63) is 121 Å². The molecule has 4 aromatic carbocycles. The van der Waals surface area contributed by atoms with Crippen molar-refractivity contribution in [2.75, 3.05) is 4.90 Å². The number of fused-ring (bicyclic) bond motifs is 3. The van der Waals surface area contributed by atoms with Crippen molar-refractivity contribution >= 4 is 28.2 Å². The molecule has 0 bridgehead atoms. The molecule has 1 aliphatic heterocycles. The van der Waals surface area contributed by atoms with E-state index in [1.165, 1.54) is 0 Å². The fourth-order valence-electron chi connectivity index (χ4n) is 4.70. The van der Waals surface area contributed by atoms with Gasteiger partial charge in [-0.3, -0.25) is 4.98 Å². The van der Waals surface area contributed by atoms with Crippen LogP contribution in [0.15, 0.2) is 120 Å². The average molecular weight is 468 g/mol. The SMILES string of the molecule is c1ccc(-c2cccc(N3c4ccccc4COc4ccc(-c5nc6ccccc6o5)cc43)c2)nc1. The highest BCUT2D eigenvalue weighted by atomic mass is 16.5. The largest absolute Gasteiger partial charge is 0.487 e. The first kappa shape index (κ1) is 20.5. The van der Waals surface area contributed by atoms with Gasteiger partial charge >= 0.3 is 0 Å². The monoisotopic (exact) mass is 467 g/mol. The van der Waals surface area contributed by atoms with Crippen molar-refractivity contribution in [1.29, 1.82) is 0 Å². The normalized spacial score (nSPS) is 12.5. The number of rotatable bonds is 3. The fraction of sp³-hybridized carbons (Fsp3) is 0.0323. The second-order valence-electron chi connectivity index (χ2n) is 8.69. The van der Waals surface area contributed by atoms with E-state index in [0.717, 1.165) is 56.3 Å². The third-order valence-electron chi connectivity index (χ3n) is 6.42. The van der Waals surface area contributed by atoms with Crippen molar-refractivity contribution in [3.8, 4) is 28.5 Å². The maximum absolute atomic E-state index is 6.29. The van der Waals surface area contributed by atoms with Crippen LogP contribution < -0.4 is 9.64 Å². The Balaban J connectivity index is 1.42. The van der Waals surface area contributed by atoms with Crippen LogP contribution in [0, 0.1) is 0 Å². The number of hydrogen-bond acceptors (Lipinski definition) is 5. The van der Waals surface area contributed by atoms with Gasteiger partial charge in [-0.2, -0.15) is 0 Å². The summed E-state index contributed by atoms with van der Waals surface area (Å²) in [5, 5.41) is 0. The summed E-state index contributed by atoms with van der Waals surface area (Å²) < 4.78 is 12.4. The summed E-state index contributed by atoms with van der Waals surface area (Å²) in [5.74, 6) is 1.38. The van der Waals surface area contributed by atoms with E-state index >= 15 is 0 Å². The summed E-state index contributed by atoms with van der Waals surface area (Å²) in [6.07, 6.45) is 1.82. The van der Waals surface area contributed by atoms with Crippen LogP contribution in [0.1, 0.15) is 5.56 Å². The third-order valence-corrected chi connectivity index (χ3v) is 6.42. The van der Waals surface area contributed by atoms with Crippen molar-refractivity contribution in [1.82, 2.24) is 9.97 Å². The van der Waals surface area contributed by atoms with Crippen LogP contribution >= 0.6 is 0 Å². The van der Waals surface area contributed by atoms with E-state index < -0.39 is 0 Å². The Kier molecular flexibility index (Phi) is 4.77. The van der Waals surface area contributed by atoms with Gasteiger partial charge in [0, 0.05) is 28.6 Å². The Morgan fingerprint density at radius 3 is 2.50 bits per heavy atom. The van der Waals surface area contributed by atoms with Crippen LogP contribution in [0.5, 0.6) is 5.75 Å². The number of benzene rings is 4. The minimum absolute atomic E-state index is 0.488. The topological polar surface area (TPSA) is 51.4 Å². The van der Waals surface area contributed by atoms with E-state index in [1.54, 1.807) is 0 Å². The molecule has 5 heteroatoms. The number of anilines is 3. The first-order chi connectivity index (χ1) is 17.8. The lowest BCUT2D eigenvalue weighted by Gasteiger charge is -2.26. The maximum atomic E-state index is 6.29. The van der Waals surface area contributed by atoms with Crippen LogP contribution in [-0.4, -0.2) is 9.97 Å². The van der Waals surface area contributed by atoms with Gasteiger partial charge in [0.15, 0.2) is 5.58 Å². The van der Waals surface area contributed by atoms with E-state index in [2.05, 4.69) is 58.4 Å². The lowest BCUT2D eigenvalue weighted by Crippen LogP contribution is -2.11. The van der Waals surface area contributed by atoms with Gasteiger partial charge in [-0.15, -0.1) is 0 Å². The molecule has 0 aliphatic carbocycles. The van der Waals surface area contributed by atoms with E-state index in [-0.39, 0.29) is 0 Å². The lowest BCUT2D eigenvalue weighted by atomic mass is 10.1. The quantitative estimate of drug-likeness (QED) is 0.265. The van der Waals surface area contributed by atoms with Gasteiger partial charge in [-0.25, -0.2) is 4.98 Å². The Morgan fingerprint density at radius 2 is 1.58 bits per heavy atom. The number of pyridine rings is 1. The van der Waals surface area contributed by atoms with E-state index in [0.29, 0.717) is 12.5 Å². The Bertz CT molecular complexity index is 1680. The molecule has 0 N–H and O–H groups in total. The summed E-state index contributed by atoms with van der Waals surface area (Å²) in [6, 6.07) is 36.7. The fourth-order valence-corrected chi connectivity index (χ4v) is 4.70. The molecule has 0 radical (unpaired) electrons. The van der Waals surface area contributed by atoms with Gasteiger partial charge in [-0.05, 0) is 60.7 Å². The van der Waals surface area contributed by atoms with Crippen molar-refractivity contribution in [2.45, 2.75) is 6.61 Å². The second-order valence-corrected chi connectivity index (χ2v) is 8.69. The van der Waals surface area contributed by atoms with Gasteiger partial charge in [0.25, 0.3) is 0 Å². The first-order valence-electron chi connectivity index (χ1n) is 11.9. The Hall–Kier alpha value is -4.90. The number of ether oxygens (including phenoxy) is 1. The molecular weight excluding hydrogens is 446 g/mol. The molecule has 172 valence electrons. The van der Waals surface area contributed by atoms with Crippen molar-refractivity contribution in [3.63, 3.8) is 0 Å². The highest BCUT2D eigenvalue weighted by molar-refractivity contribution is 5.86. The molecule has 6 aromatic rings. The summed E-state index contributed by atoms with van der Waals surface area (Å²) in [4.78, 5) is 11.5. The zero-order valence-electron chi connectivity index (χ0n) is 19.3. The van der Waals surface area contributed by atoms with Gasteiger partial charge in [0.2, 0.25) is 5.89 Å². The highest BCUT2D eigenvalue weighted by Crippen LogP contribution is 2.46. The van der Waals surface area contributed by atoms with Crippen LogP contribution in [0.2, 0.25) is 0 Å². The van der Waals surface area contributed by atoms with Crippen molar-refractivity contribution in [2.24, 2.45) is 0 Å². The smallest absolute Gasteiger partial charge is 0.227 e. The number of oxazole rings is 1. The van der Waals surface area contributed by atoms with Crippen LogP contribution in [0.4, 0.5) is 17.1 Å². The molecular formula is C31H21N3O2. The molecule has 0 saturated carbocycles. The molecule has 5 nitrogen and oxygen atoms in total. The minimum atomic E-state index is 0.488. The molecule has 7 rings (SSSR count). The number of nitrogens with zero attached hydrogens (tertiary/aromatic N) is 3. The van der Waals surface area contributed by atoms with Gasteiger partial charge in [-0.1, -0.05) is 48.5 Å². The van der Waals surface area contributed by atoms with E-state index in [4.69, 9.17) is 14.1 Å². The Labute approximate surface area is 208 Å². The van der Waals surface area contributed by atoms with Crippen LogP contribution in [0.25, 0.3) is 33.8 Å². The van der Waals surface area contributed by atoms with Crippen LogP contribution in [-0.2, 0) is 6.61 Å². The minimum Gasteiger partial charge on any atom is -0.487 e. The molecule has 0 spiro atoms. The predicted molar refractivity (Wildman–Crippen MR) is 142 cm³/mol. The standard InChI is InChI=1S/C31H21N3O2/c1-3-13-27-23(8-1)20-35-30-16-15-22(31-33-26-12-2-4-14-29(26)36-31)19-28(30)34(27)24-10-7-9-21(18-24)25-11-5-6-17-32-25/h1-19H,20H2. The molecule has 3 heterocycles. The molecule has 0 atom stereocenters. The lowest BCUT2D eigenvalue weighted by molar-refractivity contribution is 0.310. The van der Waals surface area contributed by atoms with Gasteiger partial charge in [0.1, 0.15) is 17.9 Å². The molecule has 0 fully saturated rings. The van der Waals surface area contributed by atoms with Gasteiger partial charge in [0.05, 0.1) is 17.1 Å². The highest BCUT2D eigenvalue weighted by Gasteiger charge is 2.25. The van der Waals surface area contributed by atoms with E-state index in [1.807, 2.05) is 66.9 Å². The average Bonchev–Trinajstić information content (AvgIpc) is 3.31. The van der Waals surface area contributed by atoms with Gasteiger partial charge < -0.3 is 14.1 Å². The number of aromatic nitrogens is 2. The Morgan fingerprint density at radius 1 is 0.694 bits per heavy atom. The van der Waals surface area contributed by atoms with Crippen molar-refractivity contribution < 1.29 is 9.15 Å². The molecule has 0 saturated heterocycles. The predicted octanol–water partition coefficient (Wildman–Crippen LogP) is 7.92. The molecule has 1 aliphatic rings. The molecule has 0 unspecified atom stereocenters. The second kappa shape index (κ2) is 8.40. The zero-order chi connectivity index (χ0) is 23.9. The summed E-state index contributed by atoms with van der Waals surface area (Å²) >= 11 is 0. The maximum Gasteiger partial charge on any atom is 0.227 e. The number of para-hydroxylation sites is 3. The third kappa shape index (κ3) is 3.49. The van der Waals surface area contributed by atoms with Crippen LogP contribution in [0.3, 0.4) is 0 Å². The summed E-state index contributed by atoms with van der Waals surface area (Å²) in [6.45, 7) is 0.488. The zero-order valence-corrected chi connectivity index (χ0v) is 19.3. The summed E-state index contributed by atoms with van der Waals surface area (Å²) in [7, 11) is 0. The first-order valence-corrected chi connectivity index (χ1v) is 11.9. The summed E-state index contributed by atoms with van der Waals surface area (Å²) in [5.41, 5.74) is 8.60. The van der Waals surface area contributed by atoms with E-state index in [9.17, 15) is 0 Å². The molecule has 0 amide bonds. The number of hydrogen-bond donors (Lipinski definition) is 0.